The topological polar surface area (TPSA) is 4.36 Å². The van der Waals surface area contributed by atoms with Gasteiger partial charge in [0.2, 0.25) is 0 Å². The summed E-state index contributed by atoms with van der Waals surface area (Å²) >= 11 is 7.52. The SMILES string of the molecule is [C-]#[N+]c1ccc(C(C)c2ccc(Cl)s2)cc1. The Balaban J connectivity index is 2.27. The van der Waals surface area contributed by atoms with Gasteiger partial charge in [-0.1, -0.05) is 42.8 Å². The monoisotopic (exact) mass is 247 g/mol. The summed E-state index contributed by atoms with van der Waals surface area (Å²) in [6.45, 7) is 9.05. The standard InChI is InChI=1S/C13H10ClNS/c1-9(12-7-8-13(14)16-12)10-3-5-11(15-2)6-4-10/h3-9H,1H3. The van der Waals surface area contributed by atoms with E-state index in [1.54, 1.807) is 11.3 Å². The van der Waals surface area contributed by atoms with E-state index in [1.165, 1.54) is 10.4 Å². The maximum absolute atomic E-state index is 6.90. The smallest absolute Gasteiger partial charge is 0.187 e. The van der Waals surface area contributed by atoms with Crippen LogP contribution >= 0.6 is 22.9 Å². The Hall–Kier alpha value is -1.30. The zero-order chi connectivity index (χ0) is 11.5. The summed E-state index contributed by atoms with van der Waals surface area (Å²) in [6.07, 6.45) is 0. The highest BCUT2D eigenvalue weighted by Gasteiger charge is 2.10. The van der Waals surface area contributed by atoms with Crippen molar-refractivity contribution in [3.05, 3.63) is 62.6 Å². The van der Waals surface area contributed by atoms with Gasteiger partial charge in [-0.25, -0.2) is 4.85 Å². The Labute approximate surface area is 104 Å². The Kier molecular flexibility index (Phi) is 3.28. The number of hydrogen-bond donors (Lipinski definition) is 0. The van der Waals surface area contributed by atoms with Crippen LogP contribution in [0.3, 0.4) is 0 Å². The fourth-order valence-corrected chi connectivity index (χ4v) is 2.70. The first kappa shape index (κ1) is 11.2. The van der Waals surface area contributed by atoms with Crippen LogP contribution < -0.4 is 0 Å². The molecule has 0 N–H and O–H groups in total. The Bertz CT molecular complexity index is 522. The minimum atomic E-state index is 0.331. The van der Waals surface area contributed by atoms with Crippen molar-refractivity contribution in [2.75, 3.05) is 0 Å². The lowest BCUT2D eigenvalue weighted by Crippen LogP contribution is -1.91. The molecule has 2 aromatic rings. The molecule has 0 saturated carbocycles. The van der Waals surface area contributed by atoms with Gasteiger partial charge in [0.05, 0.1) is 10.9 Å². The second-order valence-electron chi connectivity index (χ2n) is 3.57. The average molecular weight is 248 g/mol. The predicted molar refractivity (Wildman–Crippen MR) is 69.6 cm³/mol. The molecule has 1 heterocycles. The minimum absolute atomic E-state index is 0.331. The number of halogens is 1. The third kappa shape index (κ3) is 2.27. The molecular formula is C13H10ClNS. The van der Waals surface area contributed by atoms with Crippen molar-refractivity contribution in [1.82, 2.24) is 0 Å². The van der Waals surface area contributed by atoms with E-state index >= 15 is 0 Å². The lowest BCUT2D eigenvalue weighted by atomic mass is 9.99. The Morgan fingerprint density at radius 1 is 1.19 bits per heavy atom. The normalized spacial score (nSPS) is 12.1. The molecule has 1 aromatic carbocycles. The highest BCUT2D eigenvalue weighted by Crippen LogP contribution is 2.32. The molecular weight excluding hydrogens is 238 g/mol. The zero-order valence-electron chi connectivity index (χ0n) is 8.77. The van der Waals surface area contributed by atoms with Crippen molar-refractivity contribution in [2.45, 2.75) is 12.8 Å². The first-order chi connectivity index (χ1) is 7.70. The van der Waals surface area contributed by atoms with E-state index in [-0.39, 0.29) is 0 Å². The van der Waals surface area contributed by atoms with Gasteiger partial charge in [-0.3, -0.25) is 0 Å². The van der Waals surface area contributed by atoms with Crippen LogP contribution in [0, 0.1) is 6.57 Å². The van der Waals surface area contributed by atoms with Gasteiger partial charge >= 0.3 is 0 Å². The van der Waals surface area contributed by atoms with Crippen molar-refractivity contribution in [3.8, 4) is 0 Å². The third-order valence-electron chi connectivity index (χ3n) is 2.54. The molecule has 1 atom stereocenters. The molecule has 80 valence electrons. The molecule has 0 aliphatic heterocycles. The quantitative estimate of drug-likeness (QED) is 0.650. The van der Waals surface area contributed by atoms with Crippen molar-refractivity contribution in [2.24, 2.45) is 0 Å². The summed E-state index contributed by atoms with van der Waals surface area (Å²) in [5.41, 5.74) is 1.89. The summed E-state index contributed by atoms with van der Waals surface area (Å²) in [5, 5.41) is 0. The van der Waals surface area contributed by atoms with Crippen LogP contribution in [0.25, 0.3) is 4.85 Å². The summed E-state index contributed by atoms with van der Waals surface area (Å²) in [7, 11) is 0. The van der Waals surface area contributed by atoms with Crippen LogP contribution in [0.2, 0.25) is 4.34 Å². The molecule has 0 aliphatic carbocycles. The fourth-order valence-electron chi connectivity index (χ4n) is 1.56. The number of nitrogens with zero attached hydrogens (tertiary/aromatic N) is 1. The molecule has 1 unspecified atom stereocenters. The van der Waals surface area contributed by atoms with Gasteiger partial charge in [-0.05, 0) is 17.7 Å². The molecule has 0 fully saturated rings. The molecule has 1 aromatic heterocycles. The highest BCUT2D eigenvalue weighted by molar-refractivity contribution is 7.16. The van der Waals surface area contributed by atoms with E-state index in [2.05, 4.69) is 17.8 Å². The van der Waals surface area contributed by atoms with E-state index in [9.17, 15) is 0 Å². The van der Waals surface area contributed by atoms with Gasteiger partial charge < -0.3 is 0 Å². The predicted octanol–water partition coefficient (Wildman–Crippen LogP) is 5.10. The molecule has 0 spiro atoms. The largest absolute Gasteiger partial charge is 0.238 e. The first-order valence-electron chi connectivity index (χ1n) is 4.93. The number of thiophene rings is 1. The number of benzene rings is 1. The summed E-state index contributed by atoms with van der Waals surface area (Å²) < 4.78 is 0.819. The molecule has 3 heteroatoms. The molecule has 2 rings (SSSR count). The lowest BCUT2D eigenvalue weighted by Gasteiger charge is -2.09. The Morgan fingerprint density at radius 3 is 2.38 bits per heavy atom. The van der Waals surface area contributed by atoms with Gasteiger partial charge in [-0.2, -0.15) is 0 Å². The summed E-state index contributed by atoms with van der Waals surface area (Å²) in [4.78, 5) is 4.63. The van der Waals surface area contributed by atoms with Crippen LogP contribution in [0.1, 0.15) is 23.3 Å². The van der Waals surface area contributed by atoms with Gasteiger partial charge in [0.15, 0.2) is 5.69 Å². The van der Waals surface area contributed by atoms with Gasteiger partial charge in [0.25, 0.3) is 0 Å². The first-order valence-corrected chi connectivity index (χ1v) is 6.13. The van der Waals surface area contributed by atoms with E-state index in [0.717, 1.165) is 4.34 Å². The van der Waals surface area contributed by atoms with Gasteiger partial charge in [-0.15, -0.1) is 11.3 Å². The highest BCUT2D eigenvalue weighted by atomic mass is 35.5. The summed E-state index contributed by atoms with van der Waals surface area (Å²) in [5.74, 6) is 0.331. The van der Waals surface area contributed by atoms with Crippen molar-refractivity contribution >= 4 is 28.6 Å². The van der Waals surface area contributed by atoms with Crippen LogP contribution in [0.5, 0.6) is 0 Å². The van der Waals surface area contributed by atoms with E-state index in [4.69, 9.17) is 18.2 Å². The van der Waals surface area contributed by atoms with Crippen LogP contribution in [-0.2, 0) is 0 Å². The fraction of sp³-hybridized carbons (Fsp3) is 0.154. The molecule has 0 amide bonds. The van der Waals surface area contributed by atoms with Gasteiger partial charge in [0, 0.05) is 10.8 Å². The lowest BCUT2D eigenvalue weighted by molar-refractivity contribution is 0.948. The minimum Gasteiger partial charge on any atom is -0.238 e. The summed E-state index contributed by atoms with van der Waals surface area (Å²) in [6, 6.07) is 11.7. The third-order valence-corrected chi connectivity index (χ3v) is 3.96. The van der Waals surface area contributed by atoms with Gasteiger partial charge in [0.1, 0.15) is 0 Å². The van der Waals surface area contributed by atoms with E-state index in [0.29, 0.717) is 11.6 Å². The molecule has 0 bridgehead atoms. The van der Waals surface area contributed by atoms with E-state index < -0.39 is 0 Å². The van der Waals surface area contributed by atoms with E-state index in [1.807, 2.05) is 30.3 Å². The molecule has 1 nitrogen and oxygen atoms in total. The van der Waals surface area contributed by atoms with Crippen LogP contribution in [-0.4, -0.2) is 0 Å². The van der Waals surface area contributed by atoms with Crippen molar-refractivity contribution in [3.63, 3.8) is 0 Å². The second-order valence-corrected chi connectivity index (χ2v) is 5.31. The maximum Gasteiger partial charge on any atom is 0.187 e. The number of rotatable bonds is 2. The second kappa shape index (κ2) is 4.69. The van der Waals surface area contributed by atoms with Crippen molar-refractivity contribution < 1.29 is 0 Å². The van der Waals surface area contributed by atoms with Crippen LogP contribution in [0.15, 0.2) is 36.4 Å². The average Bonchev–Trinajstić information content (AvgIpc) is 2.75. The number of hydrogen-bond acceptors (Lipinski definition) is 1. The Morgan fingerprint density at radius 2 is 1.88 bits per heavy atom. The molecule has 0 saturated heterocycles. The van der Waals surface area contributed by atoms with Crippen molar-refractivity contribution in [1.29, 1.82) is 0 Å². The molecule has 0 aliphatic rings. The maximum atomic E-state index is 6.90. The molecule has 16 heavy (non-hydrogen) atoms. The molecule has 0 radical (unpaired) electrons. The zero-order valence-corrected chi connectivity index (χ0v) is 10.3. The van der Waals surface area contributed by atoms with Crippen LogP contribution in [0.4, 0.5) is 5.69 Å².